The first-order valence-electron chi connectivity index (χ1n) is 15.4. The summed E-state index contributed by atoms with van der Waals surface area (Å²) in [5.41, 5.74) is 2.01. The smallest absolute Gasteiger partial charge is 0.295 e. The summed E-state index contributed by atoms with van der Waals surface area (Å²) < 4.78 is 23.0. The highest BCUT2D eigenvalue weighted by atomic mass is 16.5. The number of amides is 1. The molecule has 9 heteroatoms. The highest BCUT2D eigenvalue weighted by molar-refractivity contribution is 6.46. The average Bonchev–Trinajstić information content (AvgIpc) is 3.26. The SMILES string of the molecule is CCCCOc1ccc(/C(O)=C2\C(=O)C(=O)N(CCN3CCOCC3)C2c2ccc(OCCC(C)C)c(OC)c2)cc1C. The van der Waals surface area contributed by atoms with Gasteiger partial charge in [0.15, 0.2) is 11.5 Å². The predicted octanol–water partition coefficient (Wildman–Crippen LogP) is 5.36. The third-order valence-electron chi connectivity index (χ3n) is 7.96. The molecule has 2 aliphatic rings. The van der Waals surface area contributed by atoms with Crippen molar-refractivity contribution in [3.63, 3.8) is 0 Å². The van der Waals surface area contributed by atoms with Gasteiger partial charge in [-0.3, -0.25) is 14.5 Å². The molecule has 2 aromatic rings. The molecule has 4 rings (SSSR count). The molecule has 0 bridgehead atoms. The van der Waals surface area contributed by atoms with Gasteiger partial charge in [-0.1, -0.05) is 33.3 Å². The van der Waals surface area contributed by atoms with Gasteiger partial charge in [-0.05, 0) is 67.1 Å². The van der Waals surface area contributed by atoms with E-state index >= 15 is 0 Å². The van der Waals surface area contributed by atoms with Crippen LogP contribution in [0.5, 0.6) is 17.2 Å². The molecule has 2 saturated heterocycles. The minimum Gasteiger partial charge on any atom is -0.507 e. The van der Waals surface area contributed by atoms with E-state index in [4.69, 9.17) is 18.9 Å². The van der Waals surface area contributed by atoms with E-state index in [0.29, 0.717) is 68.1 Å². The van der Waals surface area contributed by atoms with Gasteiger partial charge in [0.1, 0.15) is 11.5 Å². The van der Waals surface area contributed by atoms with Crippen LogP contribution in [0, 0.1) is 12.8 Å². The number of nitrogens with zero attached hydrogens (tertiary/aromatic N) is 2. The summed E-state index contributed by atoms with van der Waals surface area (Å²) in [6, 6.07) is 9.98. The molecule has 2 aliphatic heterocycles. The number of hydrogen-bond donors (Lipinski definition) is 1. The lowest BCUT2D eigenvalue weighted by Gasteiger charge is -2.31. The fraction of sp³-hybridized carbons (Fsp3) is 0.529. The van der Waals surface area contributed by atoms with Crippen molar-refractivity contribution in [3.8, 4) is 17.2 Å². The standard InChI is InChI=1S/C34H46N2O7/c1-6-7-17-42-27-10-9-26(21-24(27)4)32(37)30-31(25-8-11-28(29(22-25)40-5)43-18-12-23(2)3)36(34(39)33(30)38)14-13-35-15-19-41-20-16-35/h8-11,21-23,31,37H,6-7,12-20H2,1-5H3/b32-30+. The van der Waals surface area contributed by atoms with Gasteiger partial charge in [0.05, 0.1) is 45.2 Å². The topological polar surface area (TPSA) is 97.8 Å². The maximum Gasteiger partial charge on any atom is 0.295 e. The summed E-state index contributed by atoms with van der Waals surface area (Å²) in [5.74, 6) is 0.767. The Balaban J connectivity index is 1.71. The summed E-state index contributed by atoms with van der Waals surface area (Å²) >= 11 is 0. The van der Waals surface area contributed by atoms with E-state index in [-0.39, 0.29) is 11.3 Å². The van der Waals surface area contributed by atoms with Crippen LogP contribution in [-0.4, -0.2) is 86.3 Å². The minimum atomic E-state index is -0.791. The number of Topliss-reactive ketones (excluding diaryl/α,β-unsaturated/α-hetero) is 1. The van der Waals surface area contributed by atoms with Crippen molar-refractivity contribution in [1.29, 1.82) is 0 Å². The Bertz CT molecular complexity index is 1300. The number of aliphatic hydroxyl groups is 1. The Morgan fingerprint density at radius 3 is 2.40 bits per heavy atom. The summed E-state index contributed by atoms with van der Waals surface area (Å²) in [6.45, 7) is 13.1. The quantitative estimate of drug-likeness (QED) is 0.135. The summed E-state index contributed by atoms with van der Waals surface area (Å²) in [4.78, 5) is 30.9. The first kappa shape index (κ1) is 32.4. The van der Waals surface area contributed by atoms with E-state index in [1.807, 2.05) is 19.1 Å². The van der Waals surface area contributed by atoms with Crippen LogP contribution in [0.15, 0.2) is 42.0 Å². The fourth-order valence-electron chi connectivity index (χ4n) is 5.35. The monoisotopic (exact) mass is 594 g/mol. The molecular formula is C34H46N2O7. The number of benzene rings is 2. The van der Waals surface area contributed by atoms with E-state index in [0.717, 1.165) is 43.7 Å². The van der Waals surface area contributed by atoms with Crippen LogP contribution >= 0.6 is 0 Å². The lowest BCUT2D eigenvalue weighted by atomic mass is 9.94. The molecule has 2 fully saturated rings. The zero-order chi connectivity index (χ0) is 30.9. The van der Waals surface area contributed by atoms with Crippen molar-refractivity contribution < 1.29 is 33.6 Å². The molecule has 0 aromatic heterocycles. The Labute approximate surface area is 255 Å². The molecule has 1 N–H and O–H groups in total. The van der Waals surface area contributed by atoms with Crippen LogP contribution in [0.1, 0.15) is 62.8 Å². The predicted molar refractivity (Wildman–Crippen MR) is 166 cm³/mol. The van der Waals surface area contributed by atoms with Crippen LogP contribution in [0.25, 0.3) is 5.76 Å². The maximum absolute atomic E-state index is 13.6. The normalized spacial score (nSPS) is 18.8. The Morgan fingerprint density at radius 1 is 1.00 bits per heavy atom. The Kier molecular flexibility index (Phi) is 11.5. The number of morpholine rings is 1. The molecule has 1 unspecified atom stereocenters. The van der Waals surface area contributed by atoms with Gasteiger partial charge in [-0.2, -0.15) is 0 Å². The zero-order valence-electron chi connectivity index (χ0n) is 26.2. The second-order valence-electron chi connectivity index (χ2n) is 11.6. The number of carbonyl (C=O) groups is 2. The van der Waals surface area contributed by atoms with Gasteiger partial charge in [0, 0.05) is 31.7 Å². The fourth-order valence-corrected chi connectivity index (χ4v) is 5.35. The molecule has 0 saturated carbocycles. The Hall–Kier alpha value is -3.56. The first-order valence-corrected chi connectivity index (χ1v) is 15.4. The van der Waals surface area contributed by atoms with Gasteiger partial charge in [-0.25, -0.2) is 0 Å². The number of carbonyl (C=O) groups excluding carboxylic acids is 2. The van der Waals surface area contributed by atoms with Crippen molar-refractivity contribution >= 4 is 17.4 Å². The third-order valence-corrected chi connectivity index (χ3v) is 7.96. The molecule has 0 radical (unpaired) electrons. The summed E-state index contributed by atoms with van der Waals surface area (Å²) in [6.07, 6.45) is 2.87. The molecule has 9 nitrogen and oxygen atoms in total. The van der Waals surface area contributed by atoms with Crippen LogP contribution in [0.2, 0.25) is 0 Å². The second kappa shape index (κ2) is 15.3. The first-order chi connectivity index (χ1) is 20.7. The summed E-state index contributed by atoms with van der Waals surface area (Å²) in [7, 11) is 1.57. The van der Waals surface area contributed by atoms with E-state index in [1.165, 1.54) is 0 Å². The molecule has 2 aromatic carbocycles. The van der Waals surface area contributed by atoms with Gasteiger partial charge < -0.3 is 29.0 Å². The lowest BCUT2D eigenvalue weighted by Crippen LogP contribution is -2.42. The van der Waals surface area contributed by atoms with E-state index in [1.54, 1.807) is 36.3 Å². The van der Waals surface area contributed by atoms with Crippen LogP contribution in [0.4, 0.5) is 0 Å². The van der Waals surface area contributed by atoms with E-state index in [2.05, 4.69) is 25.7 Å². The maximum atomic E-state index is 13.6. The van der Waals surface area contributed by atoms with E-state index < -0.39 is 17.7 Å². The minimum absolute atomic E-state index is 0.0570. The van der Waals surface area contributed by atoms with Crippen LogP contribution in [-0.2, 0) is 14.3 Å². The van der Waals surface area contributed by atoms with Gasteiger partial charge in [0.2, 0.25) is 0 Å². The second-order valence-corrected chi connectivity index (χ2v) is 11.6. The number of likely N-dealkylation sites (tertiary alicyclic amines) is 1. The number of ether oxygens (including phenoxy) is 4. The largest absolute Gasteiger partial charge is 0.507 e. The number of aryl methyl sites for hydroxylation is 1. The molecule has 234 valence electrons. The molecule has 1 atom stereocenters. The number of unbranched alkanes of at least 4 members (excludes halogenated alkanes) is 1. The highest BCUT2D eigenvalue weighted by Gasteiger charge is 2.46. The van der Waals surface area contributed by atoms with Gasteiger partial charge >= 0.3 is 0 Å². The van der Waals surface area contributed by atoms with E-state index in [9.17, 15) is 14.7 Å². The van der Waals surface area contributed by atoms with Crippen molar-refractivity contribution in [1.82, 2.24) is 9.80 Å². The van der Waals surface area contributed by atoms with Crippen molar-refractivity contribution in [2.45, 2.75) is 53.0 Å². The lowest BCUT2D eigenvalue weighted by molar-refractivity contribution is -0.140. The molecule has 43 heavy (non-hydrogen) atoms. The number of rotatable bonds is 14. The number of hydrogen-bond acceptors (Lipinski definition) is 8. The third kappa shape index (κ3) is 7.89. The zero-order valence-corrected chi connectivity index (χ0v) is 26.2. The number of ketones is 1. The highest BCUT2D eigenvalue weighted by Crippen LogP contribution is 2.42. The van der Waals surface area contributed by atoms with Gasteiger partial charge in [0.25, 0.3) is 11.7 Å². The van der Waals surface area contributed by atoms with Crippen molar-refractivity contribution in [3.05, 3.63) is 58.7 Å². The molecule has 1 amide bonds. The van der Waals surface area contributed by atoms with Gasteiger partial charge in [-0.15, -0.1) is 0 Å². The van der Waals surface area contributed by atoms with Crippen LogP contribution in [0.3, 0.4) is 0 Å². The molecule has 2 heterocycles. The van der Waals surface area contributed by atoms with Crippen molar-refractivity contribution in [2.24, 2.45) is 5.92 Å². The summed E-state index contributed by atoms with van der Waals surface area (Å²) in [5, 5.41) is 11.6. The van der Waals surface area contributed by atoms with Crippen molar-refractivity contribution in [2.75, 3.05) is 59.7 Å². The molecular weight excluding hydrogens is 548 g/mol. The molecule has 0 aliphatic carbocycles. The molecule has 0 spiro atoms. The number of aliphatic hydroxyl groups excluding tert-OH is 1. The Morgan fingerprint density at radius 2 is 1.72 bits per heavy atom. The van der Waals surface area contributed by atoms with Crippen LogP contribution < -0.4 is 14.2 Å². The number of methoxy groups -OCH3 is 1. The average molecular weight is 595 g/mol.